The van der Waals surface area contributed by atoms with Crippen molar-refractivity contribution in [2.75, 3.05) is 6.54 Å². The molecule has 0 unspecified atom stereocenters. The molecule has 0 rings (SSSR count). The fraction of sp³-hybridized carbons (Fsp3) is 0.500. The fourth-order valence-corrected chi connectivity index (χ4v) is 0.479. The van der Waals surface area contributed by atoms with E-state index >= 15 is 0 Å². The normalized spacial score (nSPS) is 12.2. The number of hydrogen-bond donors (Lipinski definition) is 2. The first kappa shape index (κ1) is 9.08. The van der Waals surface area contributed by atoms with Crippen LogP contribution in [0.3, 0.4) is 0 Å². The van der Waals surface area contributed by atoms with Gasteiger partial charge in [-0.25, -0.2) is 0 Å². The molecule has 0 amide bonds. The van der Waals surface area contributed by atoms with E-state index in [2.05, 4.69) is 11.9 Å². The SMILES string of the molecule is C=C/C(C)=C(\O)NCCC. The Balaban J connectivity index is 3.79. The Bertz CT molecular complexity index is 138. The van der Waals surface area contributed by atoms with Gasteiger partial charge in [-0.1, -0.05) is 19.6 Å². The van der Waals surface area contributed by atoms with Crippen LogP contribution >= 0.6 is 0 Å². The highest BCUT2D eigenvalue weighted by Gasteiger charge is 1.92. The molecule has 2 N–H and O–H groups in total. The van der Waals surface area contributed by atoms with E-state index in [1.807, 2.05) is 13.8 Å². The van der Waals surface area contributed by atoms with Crippen LogP contribution in [0.1, 0.15) is 20.3 Å². The lowest BCUT2D eigenvalue weighted by molar-refractivity contribution is 0.359. The molecular weight excluding hydrogens is 126 g/mol. The summed E-state index contributed by atoms with van der Waals surface area (Å²) in [5, 5.41) is 12.0. The molecule has 0 aromatic carbocycles. The minimum atomic E-state index is 0.233. The van der Waals surface area contributed by atoms with Gasteiger partial charge in [0.25, 0.3) is 0 Å². The standard InChI is InChI=1S/C8H15NO/c1-4-6-9-8(10)7(3)5-2/h5,9-10H,2,4,6H2,1,3H3/b8-7-. The molecule has 10 heavy (non-hydrogen) atoms. The molecule has 58 valence electrons. The lowest BCUT2D eigenvalue weighted by Gasteiger charge is -2.03. The van der Waals surface area contributed by atoms with E-state index in [1.165, 1.54) is 0 Å². The van der Waals surface area contributed by atoms with E-state index in [0.29, 0.717) is 0 Å². The first-order valence-electron chi connectivity index (χ1n) is 3.48. The van der Waals surface area contributed by atoms with Crippen molar-refractivity contribution in [1.29, 1.82) is 0 Å². The fourth-order valence-electron chi connectivity index (χ4n) is 0.479. The third-order valence-electron chi connectivity index (χ3n) is 1.22. The lowest BCUT2D eigenvalue weighted by Crippen LogP contribution is -2.14. The van der Waals surface area contributed by atoms with Gasteiger partial charge in [-0.15, -0.1) is 0 Å². The summed E-state index contributed by atoms with van der Waals surface area (Å²) in [5.41, 5.74) is 0.786. The smallest absolute Gasteiger partial charge is 0.187 e. The Morgan fingerprint density at radius 2 is 2.30 bits per heavy atom. The number of rotatable bonds is 4. The van der Waals surface area contributed by atoms with Crippen LogP contribution < -0.4 is 5.32 Å². The first-order chi connectivity index (χ1) is 4.72. The van der Waals surface area contributed by atoms with Crippen LogP contribution in [0.5, 0.6) is 0 Å². The zero-order valence-electron chi connectivity index (χ0n) is 6.65. The van der Waals surface area contributed by atoms with Crippen LogP contribution in [-0.4, -0.2) is 11.7 Å². The third-order valence-corrected chi connectivity index (χ3v) is 1.22. The molecule has 0 aromatic rings. The number of allylic oxidation sites excluding steroid dienone is 2. The van der Waals surface area contributed by atoms with E-state index in [4.69, 9.17) is 5.11 Å². The maximum atomic E-state index is 9.15. The number of nitrogens with one attached hydrogen (secondary N) is 1. The van der Waals surface area contributed by atoms with Crippen molar-refractivity contribution in [3.63, 3.8) is 0 Å². The highest BCUT2D eigenvalue weighted by Crippen LogP contribution is 1.96. The van der Waals surface area contributed by atoms with Gasteiger partial charge in [0, 0.05) is 12.1 Å². The second kappa shape index (κ2) is 4.91. The van der Waals surface area contributed by atoms with E-state index < -0.39 is 0 Å². The molecule has 0 aliphatic heterocycles. The quantitative estimate of drug-likeness (QED) is 0.463. The molecule has 0 radical (unpaired) electrons. The van der Waals surface area contributed by atoms with Crippen molar-refractivity contribution in [1.82, 2.24) is 5.32 Å². The van der Waals surface area contributed by atoms with Crippen molar-refractivity contribution in [2.45, 2.75) is 20.3 Å². The Labute approximate surface area is 62.3 Å². The predicted molar refractivity (Wildman–Crippen MR) is 43.8 cm³/mol. The average Bonchev–Trinajstić information content (AvgIpc) is 1.98. The van der Waals surface area contributed by atoms with Crippen LogP contribution in [0.4, 0.5) is 0 Å². The van der Waals surface area contributed by atoms with Gasteiger partial charge in [-0.05, 0) is 13.3 Å². The summed E-state index contributed by atoms with van der Waals surface area (Å²) >= 11 is 0. The Morgan fingerprint density at radius 3 is 2.70 bits per heavy atom. The van der Waals surface area contributed by atoms with E-state index in [0.717, 1.165) is 18.5 Å². The molecule has 0 heterocycles. The monoisotopic (exact) mass is 141 g/mol. The topological polar surface area (TPSA) is 32.3 Å². The van der Waals surface area contributed by atoms with Crippen LogP contribution in [0.25, 0.3) is 0 Å². The lowest BCUT2D eigenvalue weighted by atomic mass is 10.3. The predicted octanol–water partition coefficient (Wildman–Crippen LogP) is 1.96. The molecule has 0 saturated carbocycles. The molecule has 0 spiro atoms. The van der Waals surface area contributed by atoms with Gasteiger partial charge < -0.3 is 10.4 Å². The molecule has 0 aromatic heterocycles. The zero-order chi connectivity index (χ0) is 7.98. The van der Waals surface area contributed by atoms with Gasteiger partial charge in [0.05, 0.1) is 0 Å². The average molecular weight is 141 g/mol. The van der Waals surface area contributed by atoms with E-state index in [1.54, 1.807) is 6.08 Å². The summed E-state index contributed by atoms with van der Waals surface area (Å²) in [6.07, 6.45) is 2.63. The Hall–Kier alpha value is -0.920. The molecule has 0 aliphatic rings. The highest BCUT2D eigenvalue weighted by molar-refractivity contribution is 5.15. The molecule has 2 nitrogen and oxygen atoms in total. The second-order valence-electron chi connectivity index (χ2n) is 2.16. The van der Waals surface area contributed by atoms with Crippen molar-refractivity contribution in [3.8, 4) is 0 Å². The van der Waals surface area contributed by atoms with Crippen LogP contribution in [0.15, 0.2) is 24.1 Å². The minimum Gasteiger partial charge on any atom is -0.495 e. The summed E-state index contributed by atoms with van der Waals surface area (Å²) in [5.74, 6) is 0.233. The van der Waals surface area contributed by atoms with Crippen molar-refractivity contribution < 1.29 is 5.11 Å². The summed E-state index contributed by atoms with van der Waals surface area (Å²) in [4.78, 5) is 0. The molecule has 0 atom stereocenters. The minimum absolute atomic E-state index is 0.233. The van der Waals surface area contributed by atoms with Crippen LogP contribution in [-0.2, 0) is 0 Å². The number of aliphatic hydroxyl groups is 1. The first-order valence-corrected chi connectivity index (χ1v) is 3.48. The Kier molecular flexibility index (Phi) is 4.46. The number of aliphatic hydroxyl groups excluding tert-OH is 1. The van der Waals surface area contributed by atoms with Gasteiger partial charge >= 0.3 is 0 Å². The van der Waals surface area contributed by atoms with Crippen molar-refractivity contribution in [3.05, 3.63) is 24.1 Å². The molecule has 0 fully saturated rings. The number of hydrogen-bond acceptors (Lipinski definition) is 2. The molecule has 2 heteroatoms. The molecule has 0 bridgehead atoms. The second-order valence-corrected chi connectivity index (χ2v) is 2.16. The van der Waals surface area contributed by atoms with Gasteiger partial charge in [0.15, 0.2) is 5.88 Å². The van der Waals surface area contributed by atoms with E-state index in [-0.39, 0.29) is 5.88 Å². The largest absolute Gasteiger partial charge is 0.495 e. The van der Waals surface area contributed by atoms with Gasteiger partial charge in [0.1, 0.15) is 0 Å². The zero-order valence-corrected chi connectivity index (χ0v) is 6.65. The molecule has 0 aliphatic carbocycles. The van der Waals surface area contributed by atoms with Crippen LogP contribution in [0.2, 0.25) is 0 Å². The summed E-state index contributed by atoms with van der Waals surface area (Å²) < 4.78 is 0. The Morgan fingerprint density at radius 1 is 1.70 bits per heavy atom. The molecule has 0 saturated heterocycles. The third kappa shape index (κ3) is 3.17. The van der Waals surface area contributed by atoms with Gasteiger partial charge in [-0.2, -0.15) is 0 Å². The van der Waals surface area contributed by atoms with Crippen molar-refractivity contribution in [2.24, 2.45) is 0 Å². The maximum Gasteiger partial charge on any atom is 0.187 e. The van der Waals surface area contributed by atoms with E-state index in [9.17, 15) is 0 Å². The van der Waals surface area contributed by atoms with Crippen molar-refractivity contribution >= 4 is 0 Å². The summed E-state index contributed by atoms with van der Waals surface area (Å²) in [6.45, 7) is 8.19. The highest BCUT2D eigenvalue weighted by atomic mass is 16.3. The summed E-state index contributed by atoms with van der Waals surface area (Å²) in [7, 11) is 0. The molecular formula is C8H15NO. The summed E-state index contributed by atoms with van der Waals surface area (Å²) in [6, 6.07) is 0. The van der Waals surface area contributed by atoms with Gasteiger partial charge in [-0.3, -0.25) is 0 Å². The van der Waals surface area contributed by atoms with Gasteiger partial charge in [0.2, 0.25) is 0 Å². The maximum absolute atomic E-state index is 9.15. The van der Waals surface area contributed by atoms with Crippen LogP contribution in [0, 0.1) is 0 Å².